The van der Waals surface area contributed by atoms with Gasteiger partial charge in [0.05, 0.1) is 6.26 Å². The molecule has 24 heavy (non-hydrogen) atoms. The Labute approximate surface area is 140 Å². The van der Waals surface area contributed by atoms with Crippen LogP contribution in [0.2, 0.25) is 0 Å². The molecule has 6 heteroatoms. The summed E-state index contributed by atoms with van der Waals surface area (Å²) in [6.45, 7) is 7.08. The minimum atomic E-state index is -1.00. The molecule has 2 aromatic rings. The van der Waals surface area contributed by atoms with Gasteiger partial charge in [-0.2, -0.15) is 4.39 Å². The lowest BCUT2D eigenvalue weighted by Gasteiger charge is -2.41. The zero-order valence-electron chi connectivity index (χ0n) is 13.7. The molecule has 128 valence electrons. The van der Waals surface area contributed by atoms with Gasteiger partial charge in [0.1, 0.15) is 11.9 Å². The Kier molecular flexibility index (Phi) is 4.76. The monoisotopic (exact) mass is 333 g/mol. The number of aliphatic imine (C=N–C) groups is 1. The largest absolute Gasteiger partial charge is 0.463 e. The Hall–Kier alpha value is -2.08. The summed E-state index contributed by atoms with van der Waals surface area (Å²) in [4.78, 5) is 9.72. The summed E-state index contributed by atoms with van der Waals surface area (Å²) in [6.07, 6.45) is 1.19. The molecule has 1 fully saturated rings. The van der Waals surface area contributed by atoms with Gasteiger partial charge in [-0.15, -0.1) is 0 Å². The minimum Gasteiger partial charge on any atom is -0.463 e. The Morgan fingerprint density at radius 1 is 1.46 bits per heavy atom. The summed E-state index contributed by atoms with van der Waals surface area (Å²) in [5, 5.41) is 0. The van der Waals surface area contributed by atoms with Crippen molar-refractivity contribution in [2.45, 2.75) is 26.1 Å². The van der Waals surface area contributed by atoms with Crippen molar-refractivity contribution in [3.05, 3.63) is 42.0 Å². The van der Waals surface area contributed by atoms with Gasteiger partial charge in [-0.1, -0.05) is 13.0 Å². The molecule has 1 aliphatic heterocycles. The van der Waals surface area contributed by atoms with Crippen molar-refractivity contribution in [2.24, 2.45) is 10.4 Å². The van der Waals surface area contributed by atoms with Crippen molar-refractivity contribution in [1.29, 1.82) is 0 Å². The minimum absolute atomic E-state index is 0.269. The Balaban J connectivity index is 1.68. The zero-order valence-corrected chi connectivity index (χ0v) is 13.7. The first-order valence-corrected chi connectivity index (χ1v) is 8.00. The molecular weight excluding hydrogens is 312 g/mol. The summed E-state index contributed by atoms with van der Waals surface area (Å²) in [6, 6.07) is 6.87. The van der Waals surface area contributed by atoms with Crippen LogP contribution in [-0.4, -0.2) is 42.4 Å². The van der Waals surface area contributed by atoms with Gasteiger partial charge >= 0.3 is 0 Å². The predicted molar refractivity (Wildman–Crippen MR) is 89.2 cm³/mol. The van der Waals surface area contributed by atoms with E-state index in [1.165, 1.54) is 6.26 Å². The van der Waals surface area contributed by atoms with E-state index in [0.717, 1.165) is 0 Å². The predicted octanol–water partition coefficient (Wildman–Crippen LogP) is 3.73. The molecular formula is C18H21F2N3O. The molecule has 2 atom stereocenters. The van der Waals surface area contributed by atoms with Crippen LogP contribution in [-0.2, 0) is 6.54 Å². The first-order valence-electron chi connectivity index (χ1n) is 8.00. The lowest BCUT2D eigenvalue weighted by Crippen LogP contribution is -2.48. The molecule has 0 spiro atoms. The highest BCUT2D eigenvalue weighted by atomic mass is 19.1. The molecule has 4 nitrogen and oxygen atoms in total. The van der Waals surface area contributed by atoms with E-state index in [2.05, 4.69) is 16.7 Å². The van der Waals surface area contributed by atoms with E-state index in [4.69, 9.17) is 4.42 Å². The van der Waals surface area contributed by atoms with Crippen LogP contribution in [0.5, 0.6) is 0 Å². The maximum absolute atomic E-state index is 14.5. The van der Waals surface area contributed by atoms with E-state index in [1.807, 2.05) is 11.8 Å². The number of pyridine rings is 1. The van der Waals surface area contributed by atoms with E-state index in [9.17, 15) is 8.78 Å². The Bertz CT molecular complexity index is 704. The first-order chi connectivity index (χ1) is 11.5. The number of alkyl halides is 1. The average molecular weight is 333 g/mol. The molecule has 0 bridgehead atoms. The van der Waals surface area contributed by atoms with Crippen LogP contribution in [0.25, 0.3) is 11.5 Å². The van der Waals surface area contributed by atoms with Gasteiger partial charge < -0.3 is 9.41 Å². The molecule has 0 aliphatic carbocycles. The molecule has 0 N–H and O–H groups in total. The first kappa shape index (κ1) is 16.8. The maximum Gasteiger partial charge on any atom is 0.218 e. The molecule has 1 saturated heterocycles. The van der Waals surface area contributed by atoms with Gasteiger partial charge in [-0.05, 0) is 37.9 Å². The second-order valence-corrected chi connectivity index (χ2v) is 6.61. The fourth-order valence-electron chi connectivity index (χ4n) is 3.07. The summed E-state index contributed by atoms with van der Waals surface area (Å²) in [7, 11) is 0. The number of hydrogen-bond donors (Lipinski definition) is 0. The summed E-state index contributed by atoms with van der Waals surface area (Å²) in [5.41, 5.74) is 0.439. The molecule has 0 aromatic carbocycles. The number of aromatic nitrogens is 1. The van der Waals surface area contributed by atoms with Crippen LogP contribution >= 0.6 is 0 Å². The van der Waals surface area contributed by atoms with Gasteiger partial charge in [-0.25, -0.2) is 9.37 Å². The number of piperidine rings is 1. The second-order valence-electron chi connectivity index (χ2n) is 6.61. The van der Waals surface area contributed by atoms with Gasteiger partial charge in [0.2, 0.25) is 5.95 Å². The highest BCUT2D eigenvalue weighted by Crippen LogP contribution is 2.34. The smallest absolute Gasteiger partial charge is 0.218 e. The molecule has 2 aromatic heterocycles. The van der Waals surface area contributed by atoms with Crippen LogP contribution in [0.1, 0.15) is 18.9 Å². The van der Waals surface area contributed by atoms with Crippen molar-refractivity contribution in [3.63, 3.8) is 0 Å². The quantitative estimate of drug-likeness (QED) is 0.618. The number of rotatable bonds is 5. The third-order valence-electron chi connectivity index (χ3n) is 4.74. The van der Waals surface area contributed by atoms with Crippen molar-refractivity contribution in [2.75, 3.05) is 19.6 Å². The number of furan rings is 1. The van der Waals surface area contributed by atoms with Crippen molar-refractivity contribution >= 4 is 6.72 Å². The summed E-state index contributed by atoms with van der Waals surface area (Å²) in [5.74, 6) is -0.0182. The van der Waals surface area contributed by atoms with Gasteiger partial charge in [0.15, 0.2) is 5.76 Å². The SMILES string of the molecule is C=NCC1(C)CCN(Cc2ccc(-c3ccco3)nc2F)CC1F. The third kappa shape index (κ3) is 3.38. The summed E-state index contributed by atoms with van der Waals surface area (Å²) >= 11 is 0. The van der Waals surface area contributed by atoms with E-state index in [1.54, 1.807) is 24.3 Å². The molecule has 0 saturated carbocycles. The molecule has 2 unspecified atom stereocenters. The summed E-state index contributed by atoms with van der Waals surface area (Å²) < 4.78 is 34.0. The van der Waals surface area contributed by atoms with E-state index in [-0.39, 0.29) is 6.54 Å². The van der Waals surface area contributed by atoms with Crippen LogP contribution in [0, 0.1) is 11.4 Å². The lowest BCUT2D eigenvalue weighted by molar-refractivity contribution is 0.0214. The Morgan fingerprint density at radius 3 is 2.92 bits per heavy atom. The zero-order chi connectivity index (χ0) is 17.2. The van der Waals surface area contributed by atoms with E-state index in [0.29, 0.717) is 43.1 Å². The fourth-order valence-corrected chi connectivity index (χ4v) is 3.07. The molecule has 0 radical (unpaired) electrons. The van der Waals surface area contributed by atoms with Gasteiger partial charge in [0, 0.05) is 30.6 Å². The van der Waals surface area contributed by atoms with E-state index >= 15 is 0 Å². The standard InChI is InChI=1S/C18H21F2N3O/c1-18(12-21-2)7-8-23(11-16(18)19)10-13-5-6-14(22-17(13)20)15-4-3-9-24-15/h3-6,9,16H,2,7-8,10-12H2,1H3. The number of nitrogens with zero attached hydrogens (tertiary/aromatic N) is 3. The second kappa shape index (κ2) is 6.81. The third-order valence-corrected chi connectivity index (χ3v) is 4.74. The van der Waals surface area contributed by atoms with Gasteiger partial charge in [0.25, 0.3) is 0 Å². The van der Waals surface area contributed by atoms with Crippen LogP contribution in [0.15, 0.2) is 39.9 Å². The molecule has 0 amide bonds. The molecule has 3 rings (SSSR count). The highest BCUT2D eigenvalue weighted by molar-refractivity contribution is 5.51. The average Bonchev–Trinajstić information content (AvgIpc) is 3.08. The number of likely N-dealkylation sites (tertiary alicyclic amines) is 1. The molecule has 1 aliphatic rings. The number of hydrogen-bond acceptors (Lipinski definition) is 4. The van der Waals surface area contributed by atoms with Gasteiger partial charge in [-0.3, -0.25) is 4.90 Å². The van der Waals surface area contributed by atoms with Crippen molar-refractivity contribution in [1.82, 2.24) is 9.88 Å². The normalized spacial score (nSPS) is 24.9. The van der Waals surface area contributed by atoms with Crippen molar-refractivity contribution < 1.29 is 13.2 Å². The maximum atomic E-state index is 14.5. The fraction of sp³-hybridized carbons (Fsp3) is 0.444. The highest BCUT2D eigenvalue weighted by Gasteiger charge is 2.39. The lowest BCUT2D eigenvalue weighted by atomic mass is 9.79. The van der Waals surface area contributed by atoms with Crippen molar-refractivity contribution in [3.8, 4) is 11.5 Å². The van der Waals surface area contributed by atoms with Crippen LogP contribution in [0.4, 0.5) is 8.78 Å². The Morgan fingerprint density at radius 2 is 2.29 bits per heavy atom. The molecule has 3 heterocycles. The van der Waals surface area contributed by atoms with Crippen LogP contribution < -0.4 is 0 Å². The number of halogens is 2. The van der Waals surface area contributed by atoms with E-state index < -0.39 is 17.5 Å². The van der Waals surface area contributed by atoms with Crippen LogP contribution in [0.3, 0.4) is 0 Å². The topological polar surface area (TPSA) is 41.6 Å².